The molecule has 11 nitrogen and oxygen atoms in total. The number of nitrogens with one attached hydrogen (secondary N) is 4. The summed E-state index contributed by atoms with van der Waals surface area (Å²) >= 11 is 1.28. The van der Waals surface area contributed by atoms with Gasteiger partial charge in [-0.05, 0) is 24.3 Å². The molecule has 0 spiro atoms. The van der Waals surface area contributed by atoms with Crippen LogP contribution in [0.3, 0.4) is 0 Å². The lowest BCUT2D eigenvalue weighted by Crippen LogP contribution is -2.33. The minimum atomic E-state index is -0.565. The lowest BCUT2D eigenvalue weighted by atomic mass is 10.1. The van der Waals surface area contributed by atoms with Gasteiger partial charge in [0.1, 0.15) is 10.7 Å². The standard InChI is InChI=1S/C23H17N7O4S/c31-18(26-16-8-4-7-15-19(16)22(34)29-28-20(15)32)10-24-21(33)17-12-35-23(27-17)13-9-25-30(11-13)14-5-2-1-3-6-14/h1-9,11-12H,10H2,(H,24,33)(H,26,31)(H,28,32)(H,29,34). The number of fused-ring (bicyclic) bond motifs is 1. The summed E-state index contributed by atoms with van der Waals surface area (Å²) in [6.45, 7) is -0.352. The Morgan fingerprint density at radius 2 is 1.80 bits per heavy atom. The van der Waals surface area contributed by atoms with E-state index in [0.29, 0.717) is 5.01 Å². The molecule has 0 aliphatic carbocycles. The average Bonchev–Trinajstić information content (AvgIpc) is 3.56. The largest absolute Gasteiger partial charge is 0.342 e. The third kappa shape index (κ3) is 4.50. The van der Waals surface area contributed by atoms with Crippen molar-refractivity contribution in [1.82, 2.24) is 30.3 Å². The van der Waals surface area contributed by atoms with Crippen molar-refractivity contribution in [2.24, 2.45) is 0 Å². The van der Waals surface area contributed by atoms with Gasteiger partial charge < -0.3 is 10.6 Å². The van der Waals surface area contributed by atoms with Crippen LogP contribution in [-0.4, -0.2) is 43.3 Å². The van der Waals surface area contributed by atoms with Crippen LogP contribution in [0.2, 0.25) is 0 Å². The van der Waals surface area contributed by atoms with Crippen LogP contribution in [0.5, 0.6) is 0 Å². The molecule has 5 rings (SSSR count). The first-order valence-electron chi connectivity index (χ1n) is 10.4. The van der Waals surface area contributed by atoms with Gasteiger partial charge in [0.2, 0.25) is 5.91 Å². The van der Waals surface area contributed by atoms with E-state index in [2.05, 4.69) is 30.9 Å². The number of hydrogen-bond acceptors (Lipinski definition) is 7. The van der Waals surface area contributed by atoms with Crippen LogP contribution in [-0.2, 0) is 4.79 Å². The van der Waals surface area contributed by atoms with E-state index in [1.165, 1.54) is 23.5 Å². The highest BCUT2D eigenvalue weighted by molar-refractivity contribution is 7.13. The quantitative estimate of drug-likeness (QED) is 0.287. The first-order chi connectivity index (χ1) is 17.0. The molecule has 4 N–H and O–H groups in total. The molecule has 0 saturated carbocycles. The second-order valence-corrected chi connectivity index (χ2v) is 8.27. The Bertz CT molecular complexity index is 1670. The van der Waals surface area contributed by atoms with Crippen LogP contribution in [0.25, 0.3) is 27.0 Å². The van der Waals surface area contributed by atoms with Crippen molar-refractivity contribution < 1.29 is 9.59 Å². The Kier molecular flexibility index (Phi) is 5.77. The molecular weight excluding hydrogens is 470 g/mol. The van der Waals surface area contributed by atoms with E-state index in [1.807, 2.05) is 36.5 Å². The minimum absolute atomic E-state index is 0.0520. The predicted molar refractivity (Wildman–Crippen MR) is 131 cm³/mol. The lowest BCUT2D eigenvalue weighted by molar-refractivity contribution is -0.115. The molecule has 174 valence electrons. The van der Waals surface area contributed by atoms with Crippen LogP contribution >= 0.6 is 11.3 Å². The number of aromatic nitrogens is 5. The van der Waals surface area contributed by atoms with Crippen LogP contribution in [0.15, 0.2) is 75.9 Å². The van der Waals surface area contributed by atoms with Gasteiger partial charge in [-0.25, -0.2) is 9.67 Å². The van der Waals surface area contributed by atoms with E-state index in [-0.39, 0.29) is 28.7 Å². The lowest BCUT2D eigenvalue weighted by Gasteiger charge is -2.08. The summed E-state index contributed by atoms with van der Waals surface area (Å²) in [7, 11) is 0. The van der Waals surface area contributed by atoms with Gasteiger partial charge >= 0.3 is 0 Å². The molecule has 0 radical (unpaired) electrons. The summed E-state index contributed by atoms with van der Waals surface area (Å²) in [6.07, 6.45) is 3.48. The van der Waals surface area contributed by atoms with Gasteiger partial charge in [-0.15, -0.1) is 11.3 Å². The Morgan fingerprint density at radius 1 is 1.00 bits per heavy atom. The molecule has 3 heterocycles. The predicted octanol–water partition coefficient (Wildman–Crippen LogP) is 1.89. The van der Waals surface area contributed by atoms with E-state index in [4.69, 9.17) is 0 Å². The Labute approximate surface area is 200 Å². The number of carbonyl (C=O) groups excluding carboxylic acids is 2. The zero-order valence-electron chi connectivity index (χ0n) is 17.9. The second-order valence-electron chi connectivity index (χ2n) is 7.41. The summed E-state index contributed by atoms with van der Waals surface area (Å²) in [4.78, 5) is 53.3. The van der Waals surface area contributed by atoms with Crippen molar-refractivity contribution >= 4 is 39.6 Å². The molecule has 0 aliphatic heterocycles. The van der Waals surface area contributed by atoms with E-state index in [1.54, 1.807) is 22.3 Å². The van der Waals surface area contributed by atoms with Crippen molar-refractivity contribution in [1.29, 1.82) is 0 Å². The molecule has 0 bridgehead atoms. The van der Waals surface area contributed by atoms with Crippen molar-refractivity contribution in [2.45, 2.75) is 0 Å². The van der Waals surface area contributed by atoms with Gasteiger partial charge in [0, 0.05) is 17.1 Å². The molecule has 0 aliphatic rings. The maximum Gasteiger partial charge on any atom is 0.272 e. The molecular formula is C23H17N7O4S. The van der Waals surface area contributed by atoms with Crippen molar-refractivity contribution in [3.8, 4) is 16.3 Å². The fourth-order valence-electron chi connectivity index (χ4n) is 3.45. The first kappa shape index (κ1) is 22.0. The number of aromatic amines is 2. The summed E-state index contributed by atoms with van der Waals surface area (Å²) in [5.74, 6) is -1.09. The molecule has 35 heavy (non-hydrogen) atoms. The average molecular weight is 488 g/mol. The molecule has 0 fully saturated rings. The van der Waals surface area contributed by atoms with E-state index in [0.717, 1.165) is 11.3 Å². The number of anilines is 1. The summed E-state index contributed by atoms with van der Waals surface area (Å²) in [6, 6.07) is 14.1. The zero-order valence-corrected chi connectivity index (χ0v) is 18.8. The third-order valence-electron chi connectivity index (χ3n) is 5.10. The maximum absolute atomic E-state index is 12.5. The Hall–Kier alpha value is -4.84. The van der Waals surface area contributed by atoms with Crippen LogP contribution in [0.4, 0.5) is 5.69 Å². The highest BCUT2D eigenvalue weighted by Crippen LogP contribution is 2.24. The number of nitrogens with zero attached hydrogens (tertiary/aromatic N) is 3. The van der Waals surface area contributed by atoms with E-state index < -0.39 is 22.9 Å². The number of amides is 2. The Morgan fingerprint density at radius 3 is 2.63 bits per heavy atom. The molecule has 0 atom stereocenters. The zero-order chi connectivity index (χ0) is 24.4. The normalized spacial score (nSPS) is 10.9. The highest BCUT2D eigenvalue weighted by Gasteiger charge is 2.16. The number of H-pyrrole nitrogens is 2. The second kappa shape index (κ2) is 9.19. The van der Waals surface area contributed by atoms with Crippen molar-refractivity contribution in [2.75, 3.05) is 11.9 Å². The fourth-order valence-corrected chi connectivity index (χ4v) is 4.22. The smallest absolute Gasteiger partial charge is 0.272 e. The van der Waals surface area contributed by atoms with Crippen molar-refractivity contribution in [3.63, 3.8) is 0 Å². The molecule has 5 aromatic rings. The van der Waals surface area contributed by atoms with E-state index in [9.17, 15) is 19.2 Å². The van der Waals surface area contributed by atoms with Gasteiger partial charge in [0.05, 0.1) is 34.9 Å². The summed E-state index contributed by atoms with van der Waals surface area (Å²) in [5.41, 5.74) is 0.950. The summed E-state index contributed by atoms with van der Waals surface area (Å²) in [5, 5.41) is 16.3. The molecule has 2 aromatic carbocycles. The number of carbonyl (C=O) groups is 2. The molecule has 0 unspecified atom stereocenters. The third-order valence-corrected chi connectivity index (χ3v) is 5.99. The Balaban J connectivity index is 1.24. The van der Waals surface area contributed by atoms with Crippen LogP contribution in [0.1, 0.15) is 10.5 Å². The number of rotatable bonds is 6. The summed E-state index contributed by atoms with van der Waals surface area (Å²) < 4.78 is 1.72. The van der Waals surface area contributed by atoms with Gasteiger partial charge in [0.15, 0.2) is 0 Å². The number of para-hydroxylation sites is 1. The molecule has 2 amide bonds. The molecule has 12 heteroatoms. The van der Waals surface area contributed by atoms with Gasteiger partial charge in [-0.2, -0.15) is 5.10 Å². The van der Waals surface area contributed by atoms with Gasteiger partial charge in [0.25, 0.3) is 17.0 Å². The van der Waals surface area contributed by atoms with Crippen LogP contribution in [0, 0.1) is 0 Å². The SMILES string of the molecule is O=C(CNC(=O)c1csc(-c2cnn(-c3ccccc3)c2)n1)Nc1cccc2c(=O)[nH][nH]c(=O)c12. The van der Waals surface area contributed by atoms with E-state index >= 15 is 0 Å². The van der Waals surface area contributed by atoms with Gasteiger partial charge in [-0.3, -0.25) is 29.4 Å². The first-order valence-corrected chi connectivity index (χ1v) is 11.3. The number of benzene rings is 2. The monoisotopic (exact) mass is 487 g/mol. The maximum atomic E-state index is 12.5. The van der Waals surface area contributed by atoms with Gasteiger partial charge in [-0.1, -0.05) is 24.3 Å². The number of thiazole rings is 1. The minimum Gasteiger partial charge on any atom is -0.342 e. The van der Waals surface area contributed by atoms with Crippen LogP contribution < -0.4 is 21.8 Å². The molecule has 0 saturated heterocycles. The topological polar surface area (TPSA) is 155 Å². The number of hydrogen-bond donors (Lipinski definition) is 4. The highest BCUT2D eigenvalue weighted by atomic mass is 32.1. The molecule has 3 aromatic heterocycles. The fraction of sp³-hybridized carbons (Fsp3) is 0.0435. The van der Waals surface area contributed by atoms with Crippen molar-refractivity contribution in [3.05, 3.63) is 92.7 Å².